The van der Waals surface area contributed by atoms with Crippen molar-refractivity contribution in [2.45, 2.75) is 38.6 Å². The minimum atomic E-state index is -0.619. The molecule has 6 nitrogen and oxygen atoms in total. The minimum Gasteiger partial charge on any atom is -0.507 e. The molecule has 0 fully saturated rings. The summed E-state index contributed by atoms with van der Waals surface area (Å²) in [7, 11) is 1.53. The lowest BCUT2D eigenvalue weighted by Crippen LogP contribution is -2.23. The maximum Gasteiger partial charge on any atom is 0.342 e. The molecule has 166 valence electrons. The van der Waals surface area contributed by atoms with Crippen molar-refractivity contribution in [1.29, 1.82) is 0 Å². The van der Waals surface area contributed by atoms with Crippen LogP contribution in [0.1, 0.15) is 34.8 Å². The van der Waals surface area contributed by atoms with E-state index < -0.39 is 12.1 Å². The number of methoxy groups -OCH3 is 1. The Morgan fingerprint density at radius 1 is 1.19 bits per heavy atom. The lowest BCUT2D eigenvalue weighted by Gasteiger charge is -2.20. The second-order valence-corrected chi connectivity index (χ2v) is 7.04. The van der Waals surface area contributed by atoms with Crippen molar-refractivity contribution in [3.05, 3.63) is 84.5 Å². The molecule has 31 heavy (non-hydrogen) atoms. The summed E-state index contributed by atoms with van der Waals surface area (Å²) < 4.78 is 21.7. The van der Waals surface area contributed by atoms with Crippen molar-refractivity contribution in [2.75, 3.05) is 13.9 Å². The standard InChI is InChI=1S/C25H30O6/c1-5-10-20-14-22(29-16-19-11-8-7-9-12-19)15-23(26)24(20)25(27)31-18(3)13-21(6-2)30-17-28-4/h5-9,11-12,14-15,18,21,26H,1-2,10,13,16-17H2,3-4H3/t18-,21+/m1/s1. The number of hydrogen-bond donors (Lipinski definition) is 1. The van der Waals surface area contributed by atoms with Gasteiger partial charge in [0.15, 0.2) is 0 Å². The molecule has 0 spiro atoms. The fraction of sp³-hybridized carbons (Fsp3) is 0.320. The molecule has 0 amide bonds. The van der Waals surface area contributed by atoms with Crippen LogP contribution < -0.4 is 4.74 Å². The number of rotatable bonds is 13. The quantitative estimate of drug-likeness (QED) is 0.281. The fourth-order valence-electron chi connectivity index (χ4n) is 3.04. The second kappa shape index (κ2) is 12.6. The van der Waals surface area contributed by atoms with Gasteiger partial charge in [0, 0.05) is 19.6 Å². The van der Waals surface area contributed by atoms with Gasteiger partial charge in [0.2, 0.25) is 0 Å². The van der Waals surface area contributed by atoms with E-state index in [4.69, 9.17) is 18.9 Å². The molecule has 1 N–H and O–H groups in total. The molecule has 0 heterocycles. The minimum absolute atomic E-state index is 0.103. The highest BCUT2D eigenvalue weighted by Crippen LogP contribution is 2.30. The van der Waals surface area contributed by atoms with Crippen LogP contribution in [0.3, 0.4) is 0 Å². The van der Waals surface area contributed by atoms with Gasteiger partial charge in [0.05, 0.1) is 6.10 Å². The van der Waals surface area contributed by atoms with Crippen molar-refractivity contribution in [2.24, 2.45) is 0 Å². The van der Waals surface area contributed by atoms with E-state index in [9.17, 15) is 9.90 Å². The first kappa shape index (κ1) is 24.2. The summed E-state index contributed by atoms with van der Waals surface area (Å²) in [5.74, 6) is -0.357. The van der Waals surface area contributed by atoms with Gasteiger partial charge >= 0.3 is 5.97 Å². The van der Waals surface area contributed by atoms with Crippen molar-refractivity contribution in [1.82, 2.24) is 0 Å². The van der Waals surface area contributed by atoms with E-state index in [-0.39, 0.29) is 24.2 Å². The van der Waals surface area contributed by atoms with Crippen molar-refractivity contribution < 1.29 is 28.8 Å². The van der Waals surface area contributed by atoms with E-state index in [0.29, 0.717) is 30.8 Å². The topological polar surface area (TPSA) is 74.2 Å². The Kier molecular flexibility index (Phi) is 9.81. The van der Waals surface area contributed by atoms with E-state index in [0.717, 1.165) is 5.56 Å². The number of hydrogen-bond acceptors (Lipinski definition) is 6. The summed E-state index contributed by atoms with van der Waals surface area (Å²) in [4.78, 5) is 12.8. The van der Waals surface area contributed by atoms with Gasteiger partial charge in [-0.05, 0) is 30.5 Å². The summed E-state index contributed by atoms with van der Waals surface area (Å²) in [5.41, 5.74) is 1.68. The van der Waals surface area contributed by atoms with Crippen LogP contribution in [-0.2, 0) is 27.2 Å². The number of carbonyl (C=O) groups is 1. The Morgan fingerprint density at radius 3 is 2.58 bits per heavy atom. The van der Waals surface area contributed by atoms with Gasteiger partial charge in [-0.15, -0.1) is 13.2 Å². The van der Waals surface area contributed by atoms with Crippen LogP contribution in [0.15, 0.2) is 67.8 Å². The molecule has 0 saturated heterocycles. The maximum absolute atomic E-state index is 12.8. The average Bonchev–Trinajstić information content (AvgIpc) is 2.75. The lowest BCUT2D eigenvalue weighted by molar-refractivity contribution is -0.0676. The van der Waals surface area contributed by atoms with Gasteiger partial charge in [-0.1, -0.05) is 42.5 Å². The first-order valence-electron chi connectivity index (χ1n) is 10.1. The summed E-state index contributed by atoms with van der Waals surface area (Å²) >= 11 is 0. The highest BCUT2D eigenvalue weighted by Gasteiger charge is 2.22. The number of phenolic OH excluding ortho intramolecular Hbond substituents is 1. The number of allylic oxidation sites excluding steroid dienone is 1. The maximum atomic E-state index is 12.8. The number of esters is 1. The van der Waals surface area contributed by atoms with Crippen LogP contribution >= 0.6 is 0 Å². The Morgan fingerprint density at radius 2 is 1.94 bits per heavy atom. The van der Waals surface area contributed by atoms with E-state index in [1.807, 2.05) is 30.3 Å². The van der Waals surface area contributed by atoms with Crippen LogP contribution in [0.5, 0.6) is 11.5 Å². The zero-order valence-corrected chi connectivity index (χ0v) is 18.1. The number of ether oxygens (including phenoxy) is 4. The predicted octanol–water partition coefficient (Wildman–Crippen LogP) is 4.81. The molecule has 0 radical (unpaired) electrons. The first-order chi connectivity index (χ1) is 15.0. The Hall–Kier alpha value is -3.09. The van der Waals surface area contributed by atoms with Gasteiger partial charge in [0.25, 0.3) is 0 Å². The summed E-state index contributed by atoms with van der Waals surface area (Å²) in [6.45, 7) is 9.67. The van der Waals surface area contributed by atoms with E-state index in [1.54, 1.807) is 25.1 Å². The zero-order valence-electron chi connectivity index (χ0n) is 18.1. The third-order valence-corrected chi connectivity index (χ3v) is 4.52. The highest BCUT2D eigenvalue weighted by atomic mass is 16.7. The predicted molar refractivity (Wildman–Crippen MR) is 119 cm³/mol. The molecule has 2 aromatic rings. The third-order valence-electron chi connectivity index (χ3n) is 4.52. The van der Waals surface area contributed by atoms with E-state index >= 15 is 0 Å². The van der Waals surface area contributed by atoms with Crippen molar-refractivity contribution in [3.63, 3.8) is 0 Å². The largest absolute Gasteiger partial charge is 0.507 e. The van der Waals surface area contributed by atoms with Gasteiger partial charge in [0.1, 0.15) is 36.6 Å². The van der Waals surface area contributed by atoms with Gasteiger partial charge in [-0.2, -0.15) is 0 Å². The molecule has 0 saturated carbocycles. The monoisotopic (exact) mass is 426 g/mol. The summed E-state index contributed by atoms with van der Waals surface area (Å²) in [5, 5.41) is 10.6. The molecule has 0 aliphatic rings. The van der Waals surface area contributed by atoms with E-state index in [1.165, 1.54) is 13.2 Å². The normalized spacial score (nSPS) is 12.6. The van der Waals surface area contributed by atoms with E-state index in [2.05, 4.69) is 13.2 Å². The molecule has 0 unspecified atom stereocenters. The van der Waals surface area contributed by atoms with Gasteiger partial charge in [-0.3, -0.25) is 0 Å². The molecule has 2 aromatic carbocycles. The Labute approximate surface area is 183 Å². The molecular weight excluding hydrogens is 396 g/mol. The van der Waals surface area contributed by atoms with Crippen LogP contribution in [0, 0.1) is 0 Å². The molecule has 2 rings (SSSR count). The Bertz CT molecular complexity index is 862. The molecule has 0 aliphatic heterocycles. The smallest absolute Gasteiger partial charge is 0.342 e. The fourth-order valence-corrected chi connectivity index (χ4v) is 3.04. The Balaban J connectivity index is 2.11. The SMILES string of the molecule is C=CCc1cc(OCc2ccccc2)cc(O)c1C(=O)O[C@H](C)C[C@H](C=C)OCOC. The summed E-state index contributed by atoms with van der Waals surface area (Å²) in [6.07, 6.45) is 3.29. The average molecular weight is 427 g/mol. The van der Waals surface area contributed by atoms with Crippen LogP contribution in [-0.4, -0.2) is 37.2 Å². The van der Waals surface area contributed by atoms with Crippen molar-refractivity contribution in [3.8, 4) is 11.5 Å². The van der Waals surface area contributed by atoms with Gasteiger partial charge < -0.3 is 24.1 Å². The number of carbonyl (C=O) groups excluding carboxylic acids is 1. The molecule has 0 bridgehead atoms. The molecule has 2 atom stereocenters. The highest BCUT2D eigenvalue weighted by molar-refractivity contribution is 5.94. The molecule has 0 aromatic heterocycles. The number of phenols is 1. The van der Waals surface area contributed by atoms with Crippen LogP contribution in [0.4, 0.5) is 0 Å². The zero-order chi connectivity index (χ0) is 22.6. The van der Waals surface area contributed by atoms with Crippen molar-refractivity contribution >= 4 is 5.97 Å². The summed E-state index contributed by atoms with van der Waals surface area (Å²) in [6, 6.07) is 12.8. The molecular formula is C25H30O6. The van der Waals surface area contributed by atoms with Crippen LogP contribution in [0.25, 0.3) is 0 Å². The lowest BCUT2D eigenvalue weighted by atomic mass is 10.0. The number of benzene rings is 2. The third kappa shape index (κ3) is 7.59. The van der Waals surface area contributed by atoms with Gasteiger partial charge in [-0.25, -0.2) is 4.79 Å². The molecule has 6 heteroatoms. The van der Waals surface area contributed by atoms with Crippen LogP contribution in [0.2, 0.25) is 0 Å². The second-order valence-electron chi connectivity index (χ2n) is 7.04. The molecule has 0 aliphatic carbocycles. The number of aromatic hydroxyl groups is 1. The first-order valence-corrected chi connectivity index (χ1v) is 10.1.